The number of halogens is 1. The van der Waals surface area contributed by atoms with Crippen molar-refractivity contribution in [2.75, 3.05) is 25.1 Å². The van der Waals surface area contributed by atoms with Gasteiger partial charge in [-0.05, 0) is 36.6 Å². The highest BCUT2D eigenvalue weighted by atomic mass is 35.5. The molecule has 8 heteroatoms. The van der Waals surface area contributed by atoms with Crippen LogP contribution in [0, 0.1) is 10.1 Å². The van der Waals surface area contributed by atoms with Crippen LogP contribution in [0.2, 0.25) is 5.02 Å². The first-order chi connectivity index (χ1) is 13.8. The fourth-order valence-electron chi connectivity index (χ4n) is 3.52. The minimum absolute atomic E-state index is 0.0554. The van der Waals surface area contributed by atoms with Gasteiger partial charge in [0.05, 0.1) is 17.6 Å². The number of esters is 1. The molecule has 2 aromatic carbocycles. The maximum absolute atomic E-state index is 11.6. The first kappa shape index (κ1) is 20.8. The van der Waals surface area contributed by atoms with E-state index in [4.69, 9.17) is 11.6 Å². The summed E-state index contributed by atoms with van der Waals surface area (Å²) in [5.41, 5.74) is 0.563. The topological polar surface area (TPSA) is 92.9 Å². The zero-order valence-corrected chi connectivity index (χ0v) is 16.6. The van der Waals surface area contributed by atoms with E-state index < -0.39 is 16.5 Å². The van der Waals surface area contributed by atoms with Crippen LogP contribution in [0.5, 0.6) is 0 Å². The molecule has 1 fully saturated rings. The monoisotopic (exact) mass is 416 g/mol. The molecule has 29 heavy (non-hydrogen) atoms. The van der Waals surface area contributed by atoms with Crippen LogP contribution in [-0.4, -0.2) is 36.2 Å². The van der Waals surface area contributed by atoms with Crippen LogP contribution in [0.3, 0.4) is 0 Å². The molecule has 3 rings (SSSR count). The predicted molar refractivity (Wildman–Crippen MR) is 111 cm³/mol. The first-order valence-corrected chi connectivity index (χ1v) is 9.49. The summed E-state index contributed by atoms with van der Waals surface area (Å²) < 4.78 is 4.53. The largest absolute Gasteiger partial charge is 0.466 e. The molecule has 1 saturated heterocycles. The predicted octanol–water partition coefficient (Wildman–Crippen LogP) is 3.92. The van der Waals surface area contributed by atoms with E-state index >= 15 is 0 Å². The Bertz CT molecular complexity index is 952. The average molecular weight is 417 g/mol. The highest BCUT2D eigenvalue weighted by molar-refractivity contribution is 6.31. The van der Waals surface area contributed by atoms with Crippen LogP contribution in [0.25, 0.3) is 6.08 Å². The number of rotatable bonds is 5. The fourth-order valence-corrected chi connectivity index (χ4v) is 3.83. The number of hydrogen-bond donors (Lipinski definition) is 1. The van der Waals surface area contributed by atoms with Gasteiger partial charge in [-0.2, -0.15) is 0 Å². The minimum Gasteiger partial charge on any atom is -0.466 e. The van der Waals surface area contributed by atoms with E-state index in [0.29, 0.717) is 47.8 Å². The van der Waals surface area contributed by atoms with E-state index in [9.17, 15) is 20.0 Å². The van der Waals surface area contributed by atoms with Crippen molar-refractivity contribution in [3.63, 3.8) is 0 Å². The Morgan fingerprint density at radius 2 is 1.97 bits per heavy atom. The van der Waals surface area contributed by atoms with Gasteiger partial charge in [-0.1, -0.05) is 35.9 Å². The van der Waals surface area contributed by atoms with Crippen LogP contribution in [0.15, 0.2) is 48.5 Å². The lowest BCUT2D eigenvalue weighted by Crippen LogP contribution is -2.43. The normalized spacial score (nSPS) is 16.0. The summed E-state index contributed by atoms with van der Waals surface area (Å²) in [6, 6.07) is 12.0. The molecule has 0 unspecified atom stereocenters. The van der Waals surface area contributed by atoms with Gasteiger partial charge in [0, 0.05) is 35.8 Å². The molecule has 1 heterocycles. The first-order valence-electron chi connectivity index (χ1n) is 9.11. The summed E-state index contributed by atoms with van der Waals surface area (Å²) >= 11 is 6.24. The molecule has 0 amide bonds. The zero-order valence-electron chi connectivity index (χ0n) is 15.9. The van der Waals surface area contributed by atoms with Crippen LogP contribution >= 0.6 is 11.6 Å². The number of aliphatic hydroxyl groups is 1. The number of nitrogens with zero attached hydrogens (tertiary/aromatic N) is 2. The molecule has 0 spiro atoms. The van der Waals surface area contributed by atoms with Gasteiger partial charge in [-0.15, -0.1) is 0 Å². The maximum atomic E-state index is 11.6. The number of carbonyl (C=O) groups excluding carboxylic acids is 1. The van der Waals surface area contributed by atoms with Gasteiger partial charge in [0.2, 0.25) is 0 Å². The number of methoxy groups -OCH3 is 1. The Balaban J connectivity index is 1.81. The zero-order chi connectivity index (χ0) is 21.0. The van der Waals surface area contributed by atoms with Gasteiger partial charge < -0.3 is 14.7 Å². The third kappa shape index (κ3) is 4.58. The van der Waals surface area contributed by atoms with Gasteiger partial charge in [-0.25, -0.2) is 4.79 Å². The molecule has 2 aromatic rings. The summed E-state index contributed by atoms with van der Waals surface area (Å²) in [6.45, 7) is 0.889. The van der Waals surface area contributed by atoms with Crippen LogP contribution in [0.1, 0.15) is 24.0 Å². The molecule has 0 atom stereocenters. The number of benzene rings is 2. The van der Waals surface area contributed by atoms with Crippen molar-refractivity contribution in [3.05, 3.63) is 74.8 Å². The SMILES string of the molecule is COC(=O)/C=C/c1ccc(N2CCC(O)(c3ccccc3Cl)CC2)c([N+](=O)[O-])c1. The fraction of sp³-hybridized carbons (Fsp3) is 0.286. The molecule has 152 valence electrons. The second-order valence-corrected chi connectivity index (χ2v) is 7.27. The number of nitro groups is 1. The molecule has 0 bridgehead atoms. The van der Waals surface area contributed by atoms with Crippen LogP contribution in [-0.2, 0) is 15.1 Å². The Morgan fingerprint density at radius 3 is 2.59 bits per heavy atom. The van der Waals surface area contributed by atoms with Gasteiger partial charge in [0.15, 0.2) is 0 Å². The molecule has 0 aliphatic carbocycles. The van der Waals surface area contributed by atoms with Crippen molar-refractivity contribution < 1.29 is 19.6 Å². The van der Waals surface area contributed by atoms with Crippen molar-refractivity contribution in [2.24, 2.45) is 0 Å². The van der Waals surface area contributed by atoms with E-state index in [-0.39, 0.29) is 5.69 Å². The summed E-state index contributed by atoms with van der Waals surface area (Å²) in [5, 5.41) is 23.2. The quantitative estimate of drug-likeness (QED) is 0.343. The standard InChI is InChI=1S/C21H21ClN2O5/c1-29-20(25)9-7-15-6-8-18(19(14-15)24(27)28)23-12-10-21(26,11-13-23)16-4-2-3-5-17(16)22/h2-9,14,26H,10-13H2,1H3/b9-7+. The lowest BCUT2D eigenvalue weighted by Gasteiger charge is -2.39. The Kier molecular flexibility index (Phi) is 6.20. The molecule has 1 N–H and O–H groups in total. The molecular formula is C21H21ClN2O5. The molecule has 0 aromatic heterocycles. The molecule has 0 saturated carbocycles. The van der Waals surface area contributed by atoms with E-state index in [2.05, 4.69) is 4.74 Å². The van der Waals surface area contributed by atoms with E-state index in [0.717, 1.165) is 0 Å². The van der Waals surface area contributed by atoms with Crippen molar-refractivity contribution in [1.82, 2.24) is 0 Å². The van der Waals surface area contributed by atoms with E-state index in [1.54, 1.807) is 18.2 Å². The van der Waals surface area contributed by atoms with Crippen molar-refractivity contribution in [2.45, 2.75) is 18.4 Å². The Labute approximate surface area is 173 Å². The smallest absolute Gasteiger partial charge is 0.330 e. The van der Waals surface area contributed by atoms with Crippen LogP contribution in [0.4, 0.5) is 11.4 Å². The lowest BCUT2D eigenvalue weighted by molar-refractivity contribution is -0.384. The molecular weight excluding hydrogens is 396 g/mol. The highest BCUT2D eigenvalue weighted by Crippen LogP contribution is 2.39. The molecule has 1 aliphatic heterocycles. The number of hydrogen-bond acceptors (Lipinski definition) is 6. The van der Waals surface area contributed by atoms with Gasteiger partial charge in [-0.3, -0.25) is 10.1 Å². The number of piperidine rings is 1. The Hall–Kier alpha value is -2.90. The van der Waals surface area contributed by atoms with Gasteiger partial charge in [0.25, 0.3) is 5.69 Å². The number of anilines is 1. The van der Waals surface area contributed by atoms with Crippen molar-refractivity contribution in [3.8, 4) is 0 Å². The third-order valence-corrected chi connectivity index (χ3v) is 5.45. The average Bonchev–Trinajstić information content (AvgIpc) is 2.72. The number of carbonyl (C=O) groups is 1. The van der Waals surface area contributed by atoms with E-state index in [1.807, 2.05) is 23.1 Å². The summed E-state index contributed by atoms with van der Waals surface area (Å²) in [7, 11) is 1.26. The number of ether oxygens (including phenoxy) is 1. The summed E-state index contributed by atoms with van der Waals surface area (Å²) in [6.07, 6.45) is 3.48. The Morgan fingerprint density at radius 1 is 1.28 bits per heavy atom. The van der Waals surface area contributed by atoms with E-state index in [1.165, 1.54) is 25.3 Å². The molecule has 0 radical (unpaired) electrons. The molecule has 1 aliphatic rings. The van der Waals surface area contributed by atoms with Crippen molar-refractivity contribution >= 4 is 35.0 Å². The lowest BCUT2D eigenvalue weighted by atomic mass is 9.84. The second kappa shape index (κ2) is 8.63. The van der Waals surface area contributed by atoms with Crippen molar-refractivity contribution in [1.29, 1.82) is 0 Å². The summed E-state index contributed by atoms with van der Waals surface area (Å²) in [4.78, 5) is 24.3. The second-order valence-electron chi connectivity index (χ2n) is 6.86. The van der Waals surface area contributed by atoms with Crippen LogP contribution < -0.4 is 4.90 Å². The highest BCUT2D eigenvalue weighted by Gasteiger charge is 2.36. The summed E-state index contributed by atoms with van der Waals surface area (Å²) in [5.74, 6) is -0.536. The molecule has 7 nitrogen and oxygen atoms in total. The van der Waals surface area contributed by atoms with Gasteiger partial charge in [0.1, 0.15) is 5.69 Å². The van der Waals surface area contributed by atoms with Gasteiger partial charge >= 0.3 is 5.97 Å². The maximum Gasteiger partial charge on any atom is 0.330 e. The third-order valence-electron chi connectivity index (χ3n) is 5.12. The minimum atomic E-state index is -1.06. The number of nitro benzene ring substituents is 1.